The lowest BCUT2D eigenvalue weighted by Gasteiger charge is -2.20. The van der Waals surface area contributed by atoms with Crippen LogP contribution in [0.3, 0.4) is 0 Å². The maximum Gasteiger partial charge on any atom is 0.328 e. The predicted octanol–water partition coefficient (Wildman–Crippen LogP) is 2.83. The Kier molecular flexibility index (Phi) is 4.73. The molecule has 0 aliphatic rings. The van der Waals surface area contributed by atoms with Crippen LogP contribution < -0.4 is 4.74 Å². The first-order valence-electron chi connectivity index (χ1n) is 5.53. The second-order valence-electron chi connectivity index (χ2n) is 4.19. The summed E-state index contributed by atoms with van der Waals surface area (Å²) in [6.45, 7) is 4.82. The van der Waals surface area contributed by atoms with Crippen LogP contribution in [-0.4, -0.2) is 18.5 Å². The highest BCUT2D eigenvalue weighted by Crippen LogP contribution is 2.23. The minimum absolute atomic E-state index is 0.219. The van der Waals surface area contributed by atoms with E-state index in [0.717, 1.165) is 0 Å². The highest BCUT2D eigenvalue weighted by Gasteiger charge is 2.39. The molecule has 1 aromatic carbocycles. The van der Waals surface area contributed by atoms with E-state index in [4.69, 9.17) is 21.1 Å². The molecular weight excluding hydrogens is 256 g/mol. The van der Waals surface area contributed by atoms with Gasteiger partial charge in [0.25, 0.3) is 0 Å². The number of hydrogen-bond donors (Lipinski definition) is 0. The molecule has 0 N–H and O–H groups in total. The molecule has 0 aliphatic heterocycles. The Morgan fingerprint density at radius 1 is 1.17 bits per heavy atom. The normalized spacial score (nSPS) is 10.9. The minimum atomic E-state index is -1.34. The van der Waals surface area contributed by atoms with Crippen LogP contribution in [-0.2, 0) is 14.3 Å². The lowest BCUT2D eigenvalue weighted by atomic mass is 9.94. The second-order valence-corrected chi connectivity index (χ2v) is 4.63. The summed E-state index contributed by atoms with van der Waals surface area (Å²) in [5.74, 6) is -0.936. The van der Waals surface area contributed by atoms with Crippen molar-refractivity contribution in [2.24, 2.45) is 5.41 Å². The highest BCUT2D eigenvalue weighted by atomic mass is 35.5. The zero-order valence-corrected chi connectivity index (χ0v) is 11.3. The van der Waals surface area contributed by atoms with Gasteiger partial charge < -0.3 is 9.47 Å². The fourth-order valence-corrected chi connectivity index (χ4v) is 1.26. The molecular formula is C13H15ClO4. The number of rotatable bonds is 4. The van der Waals surface area contributed by atoms with E-state index >= 15 is 0 Å². The molecule has 0 aliphatic carbocycles. The topological polar surface area (TPSA) is 52.6 Å². The van der Waals surface area contributed by atoms with Crippen molar-refractivity contribution in [3.63, 3.8) is 0 Å². The van der Waals surface area contributed by atoms with Crippen LogP contribution in [0.2, 0.25) is 5.02 Å². The molecule has 0 amide bonds. The molecule has 0 heterocycles. The number of esters is 2. The number of halogens is 1. The Morgan fingerprint density at radius 2 is 1.72 bits per heavy atom. The van der Waals surface area contributed by atoms with Crippen molar-refractivity contribution in [2.45, 2.75) is 20.8 Å². The third kappa shape index (κ3) is 3.47. The SMILES string of the molecule is CCOC(=O)C(C)(C)C(=O)Oc1ccc(Cl)cc1. The summed E-state index contributed by atoms with van der Waals surface area (Å²) in [6, 6.07) is 6.31. The van der Waals surface area contributed by atoms with Gasteiger partial charge in [-0.2, -0.15) is 0 Å². The second kappa shape index (κ2) is 5.87. The molecule has 0 spiro atoms. The van der Waals surface area contributed by atoms with Gasteiger partial charge in [-0.3, -0.25) is 9.59 Å². The van der Waals surface area contributed by atoms with Gasteiger partial charge in [0.2, 0.25) is 0 Å². The molecule has 0 fully saturated rings. The largest absolute Gasteiger partial charge is 0.465 e. The zero-order chi connectivity index (χ0) is 13.8. The highest BCUT2D eigenvalue weighted by molar-refractivity contribution is 6.30. The molecule has 0 saturated heterocycles. The Morgan fingerprint density at radius 3 is 2.22 bits per heavy atom. The summed E-state index contributed by atoms with van der Waals surface area (Å²) in [4.78, 5) is 23.5. The molecule has 0 saturated carbocycles. The molecule has 1 aromatic rings. The first-order chi connectivity index (χ1) is 8.37. The van der Waals surface area contributed by atoms with Gasteiger partial charge in [-0.1, -0.05) is 11.6 Å². The number of ether oxygens (including phenoxy) is 2. The van der Waals surface area contributed by atoms with Crippen molar-refractivity contribution in [1.29, 1.82) is 0 Å². The molecule has 0 bridgehead atoms. The number of carbonyl (C=O) groups is 2. The number of benzene rings is 1. The van der Waals surface area contributed by atoms with Gasteiger partial charge in [0.05, 0.1) is 6.61 Å². The fourth-order valence-electron chi connectivity index (χ4n) is 1.13. The average molecular weight is 271 g/mol. The van der Waals surface area contributed by atoms with Gasteiger partial charge >= 0.3 is 11.9 Å². The van der Waals surface area contributed by atoms with Crippen molar-refractivity contribution in [3.8, 4) is 5.75 Å². The van der Waals surface area contributed by atoms with Crippen molar-refractivity contribution < 1.29 is 19.1 Å². The fraction of sp³-hybridized carbons (Fsp3) is 0.385. The van der Waals surface area contributed by atoms with Gasteiger partial charge in [-0.25, -0.2) is 0 Å². The van der Waals surface area contributed by atoms with Crippen molar-refractivity contribution in [3.05, 3.63) is 29.3 Å². The third-order valence-corrected chi connectivity index (χ3v) is 2.57. The molecule has 98 valence electrons. The van der Waals surface area contributed by atoms with Crippen LogP contribution in [0, 0.1) is 5.41 Å². The van der Waals surface area contributed by atoms with E-state index in [2.05, 4.69) is 0 Å². The molecule has 0 aromatic heterocycles. The Labute approximate surface area is 111 Å². The van der Waals surface area contributed by atoms with E-state index in [1.165, 1.54) is 13.8 Å². The van der Waals surface area contributed by atoms with Crippen molar-refractivity contribution >= 4 is 23.5 Å². The summed E-state index contributed by atoms with van der Waals surface area (Å²) in [5, 5.41) is 0.541. The molecule has 0 unspecified atom stereocenters. The van der Waals surface area contributed by atoms with Gasteiger partial charge in [-0.05, 0) is 45.0 Å². The summed E-state index contributed by atoms with van der Waals surface area (Å²) in [6.07, 6.45) is 0. The molecule has 18 heavy (non-hydrogen) atoms. The van der Waals surface area contributed by atoms with Crippen LogP contribution in [0.15, 0.2) is 24.3 Å². The summed E-state index contributed by atoms with van der Waals surface area (Å²) < 4.78 is 9.93. The molecule has 1 rings (SSSR count). The lowest BCUT2D eigenvalue weighted by molar-refractivity contribution is -0.164. The van der Waals surface area contributed by atoms with Crippen LogP contribution in [0.5, 0.6) is 5.75 Å². The summed E-state index contributed by atoms with van der Waals surface area (Å²) in [5.41, 5.74) is -1.34. The molecule has 5 heteroatoms. The molecule has 0 atom stereocenters. The number of hydrogen-bond acceptors (Lipinski definition) is 4. The first-order valence-corrected chi connectivity index (χ1v) is 5.90. The van der Waals surface area contributed by atoms with Gasteiger partial charge in [0.15, 0.2) is 5.41 Å². The van der Waals surface area contributed by atoms with Gasteiger partial charge in [0.1, 0.15) is 5.75 Å². The van der Waals surface area contributed by atoms with E-state index in [0.29, 0.717) is 10.8 Å². The Hall–Kier alpha value is -1.55. The molecule has 0 radical (unpaired) electrons. The third-order valence-electron chi connectivity index (χ3n) is 2.32. The number of carbonyl (C=O) groups excluding carboxylic acids is 2. The van der Waals surface area contributed by atoms with Crippen molar-refractivity contribution in [2.75, 3.05) is 6.61 Å². The first kappa shape index (κ1) is 14.5. The predicted molar refractivity (Wildman–Crippen MR) is 67.5 cm³/mol. The van der Waals surface area contributed by atoms with Gasteiger partial charge in [0, 0.05) is 5.02 Å². The van der Waals surface area contributed by atoms with Crippen LogP contribution in [0.4, 0.5) is 0 Å². The Balaban J connectivity index is 2.75. The Bertz CT molecular complexity index is 437. The van der Waals surface area contributed by atoms with E-state index in [1.807, 2.05) is 0 Å². The van der Waals surface area contributed by atoms with Crippen LogP contribution in [0.1, 0.15) is 20.8 Å². The zero-order valence-electron chi connectivity index (χ0n) is 10.5. The van der Waals surface area contributed by atoms with Gasteiger partial charge in [-0.15, -0.1) is 0 Å². The standard InChI is InChI=1S/C13H15ClO4/c1-4-17-11(15)13(2,3)12(16)18-10-7-5-9(14)6-8-10/h5-8H,4H2,1-3H3. The summed E-state index contributed by atoms with van der Waals surface area (Å²) in [7, 11) is 0. The average Bonchev–Trinajstić information content (AvgIpc) is 2.32. The maximum atomic E-state index is 11.9. The van der Waals surface area contributed by atoms with Crippen molar-refractivity contribution in [1.82, 2.24) is 0 Å². The minimum Gasteiger partial charge on any atom is -0.465 e. The lowest BCUT2D eigenvalue weighted by Crippen LogP contribution is -2.38. The van der Waals surface area contributed by atoms with E-state index < -0.39 is 17.4 Å². The van der Waals surface area contributed by atoms with Crippen LogP contribution >= 0.6 is 11.6 Å². The van der Waals surface area contributed by atoms with Crippen LogP contribution in [0.25, 0.3) is 0 Å². The maximum absolute atomic E-state index is 11.9. The molecule has 4 nitrogen and oxygen atoms in total. The summed E-state index contributed by atoms with van der Waals surface area (Å²) >= 11 is 5.72. The smallest absolute Gasteiger partial charge is 0.328 e. The monoisotopic (exact) mass is 270 g/mol. The van der Waals surface area contributed by atoms with E-state index in [9.17, 15) is 9.59 Å². The van der Waals surface area contributed by atoms with E-state index in [1.54, 1.807) is 31.2 Å². The quantitative estimate of drug-likeness (QED) is 0.480. The van der Waals surface area contributed by atoms with E-state index in [-0.39, 0.29) is 6.61 Å².